The van der Waals surface area contributed by atoms with Crippen LogP contribution in [-0.2, 0) is 16.0 Å². The van der Waals surface area contributed by atoms with Crippen LogP contribution in [0.5, 0.6) is 0 Å². The summed E-state index contributed by atoms with van der Waals surface area (Å²) >= 11 is 1.30. The molecule has 144 valence electrons. The minimum absolute atomic E-state index is 0. The van der Waals surface area contributed by atoms with E-state index < -0.39 is 5.41 Å². The number of hydrogen-bond donors (Lipinski definition) is 3. The Labute approximate surface area is 169 Å². The third kappa shape index (κ3) is 6.82. The minimum Gasteiger partial charge on any atom is -0.399 e. The highest BCUT2D eigenvalue weighted by Gasteiger charge is 2.22. The zero-order valence-electron chi connectivity index (χ0n) is 15.1. The number of amides is 2. The molecule has 2 amide bonds. The molecule has 0 unspecified atom stereocenters. The number of thiazole rings is 1. The highest BCUT2D eigenvalue weighted by Crippen LogP contribution is 2.22. The lowest BCUT2D eigenvalue weighted by atomic mass is 9.96. The van der Waals surface area contributed by atoms with E-state index in [0.29, 0.717) is 22.2 Å². The van der Waals surface area contributed by atoms with Gasteiger partial charge in [-0.05, 0) is 24.6 Å². The first-order chi connectivity index (χ1) is 11.1. The van der Waals surface area contributed by atoms with Crippen LogP contribution in [0.25, 0.3) is 0 Å². The molecule has 0 bridgehead atoms. The maximum absolute atomic E-state index is 12.2. The molecule has 0 aliphatic carbocycles. The first-order valence-electron chi connectivity index (χ1n) is 7.57. The summed E-state index contributed by atoms with van der Waals surface area (Å²) in [6.45, 7) is 7.40. The number of carbonyl (C=O) groups is 2. The number of hydrogen-bond acceptors (Lipinski definition) is 5. The molecule has 2 rings (SSSR count). The number of nitrogens with one attached hydrogen (secondary N) is 2. The number of carbonyl (C=O) groups excluding carboxylic acids is 2. The van der Waals surface area contributed by atoms with Crippen molar-refractivity contribution in [3.05, 3.63) is 34.8 Å². The largest absolute Gasteiger partial charge is 0.399 e. The zero-order chi connectivity index (χ0) is 17.9. The van der Waals surface area contributed by atoms with Crippen molar-refractivity contribution < 1.29 is 9.59 Å². The normalized spacial score (nSPS) is 10.3. The molecule has 0 saturated heterocycles. The van der Waals surface area contributed by atoms with Crippen molar-refractivity contribution in [2.45, 2.75) is 34.1 Å². The average molecular weight is 419 g/mol. The van der Waals surface area contributed by atoms with Crippen LogP contribution < -0.4 is 16.4 Å². The Bertz CT molecular complexity index is 772. The Morgan fingerprint density at radius 2 is 1.85 bits per heavy atom. The topological polar surface area (TPSA) is 97.1 Å². The van der Waals surface area contributed by atoms with Crippen molar-refractivity contribution in [3.63, 3.8) is 0 Å². The van der Waals surface area contributed by atoms with Crippen molar-refractivity contribution in [2.24, 2.45) is 5.41 Å². The lowest BCUT2D eigenvalue weighted by Crippen LogP contribution is -2.27. The summed E-state index contributed by atoms with van der Waals surface area (Å²) in [6.07, 6.45) is 0.135. The van der Waals surface area contributed by atoms with Gasteiger partial charge in [0.15, 0.2) is 5.13 Å². The van der Waals surface area contributed by atoms with Gasteiger partial charge in [0.25, 0.3) is 0 Å². The SMILES string of the molecule is Cc1ccc(N)cc1NC(=O)Cc1csc(NC(=O)C(C)(C)C)n1.Cl.Cl. The summed E-state index contributed by atoms with van der Waals surface area (Å²) in [5.74, 6) is -0.286. The molecule has 0 saturated carbocycles. The molecule has 0 fully saturated rings. The van der Waals surface area contributed by atoms with Crippen LogP contribution in [0, 0.1) is 12.3 Å². The molecule has 26 heavy (non-hydrogen) atoms. The lowest BCUT2D eigenvalue weighted by Gasteiger charge is -2.15. The molecular formula is C17H24Cl2N4O2S. The van der Waals surface area contributed by atoms with Gasteiger partial charge in [-0.25, -0.2) is 4.98 Å². The van der Waals surface area contributed by atoms with Crippen LogP contribution in [0.15, 0.2) is 23.6 Å². The molecule has 4 N–H and O–H groups in total. The summed E-state index contributed by atoms with van der Waals surface area (Å²) in [5, 5.41) is 7.86. The number of aryl methyl sites for hydroxylation is 1. The molecule has 9 heteroatoms. The molecule has 0 radical (unpaired) electrons. The third-order valence-corrected chi connectivity index (χ3v) is 4.14. The van der Waals surface area contributed by atoms with Gasteiger partial charge in [-0.2, -0.15) is 0 Å². The summed E-state index contributed by atoms with van der Waals surface area (Å²) in [7, 11) is 0. The Morgan fingerprint density at radius 1 is 1.19 bits per heavy atom. The minimum atomic E-state index is -0.492. The van der Waals surface area contributed by atoms with Gasteiger partial charge in [0.1, 0.15) is 0 Å². The number of rotatable bonds is 4. The number of nitrogen functional groups attached to an aromatic ring is 1. The number of halogens is 2. The van der Waals surface area contributed by atoms with E-state index in [1.54, 1.807) is 17.5 Å². The van der Waals surface area contributed by atoms with Crippen molar-refractivity contribution in [1.82, 2.24) is 4.98 Å². The fraction of sp³-hybridized carbons (Fsp3) is 0.353. The van der Waals surface area contributed by atoms with Crippen LogP contribution in [0.2, 0.25) is 0 Å². The van der Waals surface area contributed by atoms with Crippen LogP contribution in [0.1, 0.15) is 32.0 Å². The second-order valence-electron chi connectivity index (χ2n) is 6.65. The number of aromatic nitrogens is 1. The summed E-state index contributed by atoms with van der Waals surface area (Å²) in [6, 6.07) is 5.37. The Kier molecular flexibility index (Phi) is 9.07. The first kappa shape index (κ1) is 24.2. The Morgan fingerprint density at radius 3 is 2.46 bits per heavy atom. The van der Waals surface area contributed by atoms with E-state index in [2.05, 4.69) is 15.6 Å². The first-order valence-corrected chi connectivity index (χ1v) is 8.45. The molecular weight excluding hydrogens is 395 g/mol. The average Bonchev–Trinajstić information content (AvgIpc) is 2.89. The molecule has 1 aromatic carbocycles. The number of nitrogens with zero attached hydrogens (tertiary/aromatic N) is 1. The highest BCUT2D eigenvalue weighted by molar-refractivity contribution is 7.13. The monoisotopic (exact) mass is 418 g/mol. The Hall–Kier alpha value is -1.83. The van der Waals surface area contributed by atoms with Gasteiger partial charge in [0.05, 0.1) is 12.1 Å². The van der Waals surface area contributed by atoms with Gasteiger partial charge in [0, 0.05) is 22.2 Å². The maximum atomic E-state index is 12.2. The number of benzene rings is 1. The van der Waals surface area contributed by atoms with E-state index in [1.165, 1.54) is 11.3 Å². The maximum Gasteiger partial charge on any atom is 0.231 e. The fourth-order valence-corrected chi connectivity index (χ4v) is 2.57. The van der Waals surface area contributed by atoms with Crippen LogP contribution >= 0.6 is 36.2 Å². The summed E-state index contributed by atoms with van der Waals surface area (Å²) < 4.78 is 0. The van der Waals surface area contributed by atoms with Crippen LogP contribution in [0.4, 0.5) is 16.5 Å². The van der Waals surface area contributed by atoms with Gasteiger partial charge in [-0.15, -0.1) is 36.2 Å². The molecule has 0 aliphatic heterocycles. The van der Waals surface area contributed by atoms with E-state index in [-0.39, 0.29) is 43.0 Å². The summed E-state index contributed by atoms with van der Waals surface area (Å²) in [5.41, 5.74) is 8.08. The van der Waals surface area contributed by atoms with Crippen LogP contribution in [-0.4, -0.2) is 16.8 Å². The second kappa shape index (κ2) is 9.75. The third-order valence-electron chi connectivity index (χ3n) is 3.33. The molecule has 6 nitrogen and oxygen atoms in total. The molecule has 0 atom stereocenters. The van der Waals surface area contributed by atoms with Crippen molar-refractivity contribution in [2.75, 3.05) is 16.4 Å². The van der Waals surface area contributed by atoms with E-state index in [4.69, 9.17) is 5.73 Å². The standard InChI is InChI=1S/C17H22N4O2S.2ClH/c1-10-5-6-11(18)7-13(10)20-14(22)8-12-9-24-16(19-12)21-15(23)17(2,3)4;;/h5-7,9H,8,18H2,1-4H3,(H,20,22)(H,19,21,23);2*1H. The highest BCUT2D eigenvalue weighted by atomic mass is 35.5. The number of anilines is 3. The van der Waals surface area contributed by atoms with Crippen LogP contribution in [0.3, 0.4) is 0 Å². The van der Waals surface area contributed by atoms with Crippen molar-refractivity contribution in [1.29, 1.82) is 0 Å². The lowest BCUT2D eigenvalue weighted by molar-refractivity contribution is -0.123. The summed E-state index contributed by atoms with van der Waals surface area (Å²) in [4.78, 5) is 28.4. The van der Waals surface area contributed by atoms with E-state index in [9.17, 15) is 9.59 Å². The molecule has 1 heterocycles. The van der Waals surface area contributed by atoms with Crippen molar-refractivity contribution >= 4 is 64.5 Å². The molecule has 0 spiro atoms. The van der Waals surface area contributed by atoms with E-state index >= 15 is 0 Å². The zero-order valence-corrected chi connectivity index (χ0v) is 17.5. The van der Waals surface area contributed by atoms with Crippen molar-refractivity contribution in [3.8, 4) is 0 Å². The molecule has 1 aromatic heterocycles. The fourth-order valence-electron chi connectivity index (χ4n) is 1.86. The van der Waals surface area contributed by atoms with E-state index in [0.717, 1.165) is 5.56 Å². The smallest absolute Gasteiger partial charge is 0.231 e. The van der Waals surface area contributed by atoms with Gasteiger partial charge in [-0.1, -0.05) is 26.8 Å². The second-order valence-corrected chi connectivity index (χ2v) is 7.51. The predicted octanol–water partition coefficient (Wildman–Crippen LogP) is 4.04. The van der Waals surface area contributed by atoms with Gasteiger partial charge < -0.3 is 16.4 Å². The Balaban J connectivity index is 0.00000312. The molecule has 2 aromatic rings. The van der Waals surface area contributed by atoms with Gasteiger partial charge in [0.2, 0.25) is 11.8 Å². The number of nitrogens with two attached hydrogens (primary N) is 1. The van der Waals surface area contributed by atoms with E-state index in [1.807, 2.05) is 33.8 Å². The predicted molar refractivity (Wildman–Crippen MR) is 113 cm³/mol. The quantitative estimate of drug-likeness (QED) is 0.652. The van der Waals surface area contributed by atoms with Gasteiger partial charge in [-0.3, -0.25) is 9.59 Å². The molecule has 0 aliphatic rings. The van der Waals surface area contributed by atoms with Gasteiger partial charge >= 0.3 is 0 Å².